The second kappa shape index (κ2) is 5.23. The quantitative estimate of drug-likeness (QED) is 0.901. The second-order valence-electron chi connectivity index (χ2n) is 3.61. The zero-order valence-electron chi connectivity index (χ0n) is 9.79. The van der Waals surface area contributed by atoms with Crippen molar-refractivity contribution in [3.05, 3.63) is 58.1 Å². The molecule has 0 saturated heterocycles. The van der Waals surface area contributed by atoms with Gasteiger partial charge in [-0.25, -0.2) is 0 Å². The summed E-state index contributed by atoms with van der Waals surface area (Å²) in [6, 6.07) is 8.70. The first kappa shape index (κ1) is 12.0. The van der Waals surface area contributed by atoms with Gasteiger partial charge < -0.3 is 14.3 Å². The molecule has 0 fully saturated rings. The van der Waals surface area contributed by atoms with E-state index in [1.165, 1.54) is 6.07 Å². The molecular weight excluding hydrogens is 232 g/mol. The van der Waals surface area contributed by atoms with Crippen LogP contribution in [0.25, 0.3) is 12.2 Å². The molecule has 1 aromatic carbocycles. The summed E-state index contributed by atoms with van der Waals surface area (Å²) >= 11 is 0. The summed E-state index contributed by atoms with van der Waals surface area (Å²) in [5.41, 5.74) is 0.400. The van der Waals surface area contributed by atoms with E-state index in [-0.39, 0.29) is 0 Å². The fourth-order valence-electron chi connectivity index (χ4n) is 1.48. The maximum absolute atomic E-state index is 11.2. The molecular formula is C14H12O4. The number of para-hydroxylation sites is 1. The Kier molecular flexibility index (Phi) is 3.48. The molecule has 0 bridgehead atoms. The molecule has 4 heteroatoms. The molecule has 0 aliphatic heterocycles. The van der Waals surface area contributed by atoms with Crippen molar-refractivity contribution in [3.8, 4) is 11.5 Å². The Morgan fingerprint density at radius 1 is 1.28 bits per heavy atom. The molecule has 1 heterocycles. The number of hydrogen-bond acceptors (Lipinski definition) is 4. The van der Waals surface area contributed by atoms with Crippen molar-refractivity contribution in [2.75, 3.05) is 7.11 Å². The molecule has 0 spiro atoms. The zero-order valence-corrected chi connectivity index (χ0v) is 9.79. The lowest BCUT2D eigenvalue weighted by molar-refractivity contribution is 0.414. The predicted octanol–water partition coefficient (Wildman–Crippen LogP) is 2.52. The van der Waals surface area contributed by atoms with Crippen LogP contribution in [0, 0.1) is 0 Å². The molecule has 18 heavy (non-hydrogen) atoms. The molecule has 2 rings (SSSR count). The summed E-state index contributed by atoms with van der Waals surface area (Å²) in [4.78, 5) is 11.2. The minimum atomic E-state index is -0.471. The maximum atomic E-state index is 11.2. The molecule has 1 aromatic heterocycles. The molecule has 0 saturated carbocycles. The largest absolute Gasteiger partial charge is 0.502 e. The highest BCUT2D eigenvalue weighted by atomic mass is 16.5. The third-order valence-corrected chi connectivity index (χ3v) is 2.40. The molecule has 0 radical (unpaired) electrons. The van der Waals surface area contributed by atoms with Gasteiger partial charge in [0.15, 0.2) is 5.75 Å². The molecule has 92 valence electrons. The van der Waals surface area contributed by atoms with Crippen LogP contribution >= 0.6 is 0 Å². The van der Waals surface area contributed by atoms with E-state index < -0.39 is 11.2 Å². The van der Waals surface area contributed by atoms with E-state index in [2.05, 4.69) is 0 Å². The van der Waals surface area contributed by atoms with Crippen molar-refractivity contribution in [1.82, 2.24) is 0 Å². The van der Waals surface area contributed by atoms with Crippen LogP contribution in [-0.2, 0) is 0 Å². The van der Waals surface area contributed by atoms with E-state index in [4.69, 9.17) is 14.3 Å². The van der Waals surface area contributed by atoms with Crippen LogP contribution in [0.1, 0.15) is 11.3 Å². The number of ether oxygens (including phenoxy) is 1. The number of rotatable bonds is 3. The fraction of sp³-hybridized carbons (Fsp3) is 0.0714. The van der Waals surface area contributed by atoms with Gasteiger partial charge in [-0.3, -0.25) is 4.79 Å². The Labute approximate surface area is 104 Å². The Morgan fingerprint density at radius 2 is 2.06 bits per heavy atom. The SMILES string of the molecule is COc1ccccc1/C=C/c1cc(=O)c(O)co1. The van der Waals surface area contributed by atoms with E-state index in [1.807, 2.05) is 24.3 Å². The first-order chi connectivity index (χ1) is 8.70. The van der Waals surface area contributed by atoms with Crippen molar-refractivity contribution in [3.63, 3.8) is 0 Å². The monoisotopic (exact) mass is 244 g/mol. The van der Waals surface area contributed by atoms with Crippen molar-refractivity contribution in [1.29, 1.82) is 0 Å². The molecule has 0 aliphatic rings. The number of benzene rings is 1. The smallest absolute Gasteiger partial charge is 0.227 e. The molecule has 2 aromatic rings. The van der Waals surface area contributed by atoms with Gasteiger partial charge in [0.05, 0.1) is 7.11 Å². The van der Waals surface area contributed by atoms with Gasteiger partial charge in [-0.1, -0.05) is 18.2 Å². The lowest BCUT2D eigenvalue weighted by Crippen LogP contribution is -1.97. The van der Waals surface area contributed by atoms with E-state index in [9.17, 15) is 4.79 Å². The summed E-state index contributed by atoms with van der Waals surface area (Å²) in [6.07, 6.45) is 4.43. The van der Waals surface area contributed by atoms with Gasteiger partial charge in [-0.05, 0) is 18.2 Å². The summed E-state index contributed by atoms with van der Waals surface area (Å²) in [6.45, 7) is 0. The van der Waals surface area contributed by atoms with Gasteiger partial charge in [0.1, 0.15) is 17.8 Å². The van der Waals surface area contributed by atoms with E-state index in [0.717, 1.165) is 17.6 Å². The van der Waals surface area contributed by atoms with Crippen molar-refractivity contribution >= 4 is 12.2 Å². The molecule has 4 nitrogen and oxygen atoms in total. The van der Waals surface area contributed by atoms with Gasteiger partial charge >= 0.3 is 0 Å². The minimum Gasteiger partial charge on any atom is -0.502 e. The number of hydrogen-bond donors (Lipinski definition) is 1. The lowest BCUT2D eigenvalue weighted by atomic mass is 10.2. The number of aromatic hydroxyl groups is 1. The molecule has 1 N–H and O–H groups in total. The molecule has 0 amide bonds. The second-order valence-corrected chi connectivity index (χ2v) is 3.61. The van der Waals surface area contributed by atoms with Crippen molar-refractivity contribution < 1.29 is 14.3 Å². The van der Waals surface area contributed by atoms with E-state index in [0.29, 0.717) is 5.76 Å². The van der Waals surface area contributed by atoms with Gasteiger partial charge in [-0.2, -0.15) is 0 Å². The average molecular weight is 244 g/mol. The van der Waals surface area contributed by atoms with Crippen LogP contribution in [-0.4, -0.2) is 12.2 Å². The van der Waals surface area contributed by atoms with Gasteiger partial charge in [0.2, 0.25) is 5.43 Å². The van der Waals surface area contributed by atoms with Crippen LogP contribution in [0.2, 0.25) is 0 Å². The van der Waals surface area contributed by atoms with Gasteiger partial charge in [0, 0.05) is 11.6 Å². The highest BCUT2D eigenvalue weighted by Gasteiger charge is 2.00. The van der Waals surface area contributed by atoms with Crippen LogP contribution in [0.4, 0.5) is 0 Å². The Hall–Kier alpha value is -2.49. The minimum absolute atomic E-state index is 0.365. The molecule has 0 atom stereocenters. The topological polar surface area (TPSA) is 59.7 Å². The first-order valence-corrected chi connectivity index (χ1v) is 5.33. The summed E-state index contributed by atoms with van der Waals surface area (Å²) < 4.78 is 10.2. The van der Waals surface area contributed by atoms with E-state index in [1.54, 1.807) is 19.3 Å². The summed E-state index contributed by atoms with van der Waals surface area (Å²) in [5, 5.41) is 9.06. The molecule has 0 aliphatic carbocycles. The third kappa shape index (κ3) is 2.60. The predicted molar refractivity (Wildman–Crippen MR) is 68.6 cm³/mol. The highest BCUT2D eigenvalue weighted by Crippen LogP contribution is 2.19. The Bertz CT molecular complexity index is 626. The van der Waals surface area contributed by atoms with Crippen LogP contribution < -0.4 is 10.2 Å². The van der Waals surface area contributed by atoms with Gasteiger partial charge in [-0.15, -0.1) is 0 Å². The Morgan fingerprint density at radius 3 is 2.78 bits per heavy atom. The van der Waals surface area contributed by atoms with Gasteiger partial charge in [0.25, 0.3) is 0 Å². The molecule has 0 unspecified atom stereocenters. The summed E-state index contributed by atoms with van der Waals surface area (Å²) in [5.74, 6) is 0.697. The zero-order chi connectivity index (χ0) is 13.0. The van der Waals surface area contributed by atoms with Crippen LogP contribution in [0.5, 0.6) is 11.5 Å². The normalized spacial score (nSPS) is 10.7. The highest BCUT2D eigenvalue weighted by molar-refractivity contribution is 5.70. The van der Waals surface area contributed by atoms with E-state index >= 15 is 0 Å². The van der Waals surface area contributed by atoms with Crippen molar-refractivity contribution in [2.24, 2.45) is 0 Å². The fourth-order valence-corrected chi connectivity index (χ4v) is 1.48. The van der Waals surface area contributed by atoms with Crippen LogP contribution in [0.15, 0.2) is 45.8 Å². The lowest BCUT2D eigenvalue weighted by Gasteiger charge is -2.03. The first-order valence-electron chi connectivity index (χ1n) is 5.33. The maximum Gasteiger partial charge on any atom is 0.227 e. The van der Waals surface area contributed by atoms with Crippen molar-refractivity contribution in [2.45, 2.75) is 0 Å². The standard InChI is InChI=1S/C14H12O4/c1-17-14-5-3-2-4-10(14)6-7-11-8-12(15)13(16)9-18-11/h2-9,16H,1H3/b7-6+. The Balaban J connectivity index is 2.30. The number of methoxy groups -OCH3 is 1. The average Bonchev–Trinajstić information content (AvgIpc) is 2.40. The van der Waals surface area contributed by atoms with Crippen LogP contribution in [0.3, 0.4) is 0 Å². The summed E-state index contributed by atoms with van der Waals surface area (Å²) in [7, 11) is 1.59. The third-order valence-electron chi connectivity index (χ3n) is 2.40.